The van der Waals surface area contributed by atoms with E-state index in [0.29, 0.717) is 33.3 Å². The summed E-state index contributed by atoms with van der Waals surface area (Å²) < 4.78 is 22.1. The fraction of sp³-hybridized carbons (Fsp3) is 0.214. The van der Waals surface area contributed by atoms with Gasteiger partial charge in [0, 0.05) is 10.6 Å². The molecule has 0 bridgehead atoms. The molecule has 0 spiro atoms. The Labute approximate surface area is 253 Å². The molecule has 0 saturated carbocycles. The summed E-state index contributed by atoms with van der Waals surface area (Å²) in [4.78, 5) is 12.5. The van der Waals surface area contributed by atoms with E-state index in [-0.39, 0.29) is 51.9 Å². The number of nitrogens with one attached hydrogen (secondary N) is 1. The molecule has 10 heteroatoms. The molecule has 1 atom stereocenters. The van der Waals surface area contributed by atoms with Gasteiger partial charge in [0.2, 0.25) is 0 Å². The molecule has 0 saturated heterocycles. The maximum atomic E-state index is 15.1. The van der Waals surface area contributed by atoms with Crippen LogP contribution in [0.3, 0.4) is 0 Å². The van der Waals surface area contributed by atoms with Gasteiger partial charge in [-0.1, -0.05) is 61.3 Å². The first-order valence-electron chi connectivity index (χ1n) is 11.6. The van der Waals surface area contributed by atoms with Crippen LogP contribution in [0.25, 0.3) is 5.69 Å². The Morgan fingerprint density at radius 2 is 1.82 bits per heavy atom. The van der Waals surface area contributed by atoms with Gasteiger partial charge in [-0.3, -0.25) is 0 Å². The van der Waals surface area contributed by atoms with E-state index < -0.39 is 17.8 Å². The minimum atomic E-state index is -1.46. The third-order valence-corrected chi connectivity index (χ3v) is 6.62. The molecule has 0 radical (unpaired) electrons. The SMILES string of the molecule is COc1ccccc1-n1nc(C(=O)[O-])c(C(Nc2cccc(Cl)c2F)c2ccc(Cl)cc2C)c1C(C)C.[Na+]. The quantitative estimate of drug-likeness (QED) is 0.333. The van der Waals surface area contributed by atoms with Crippen LogP contribution in [-0.2, 0) is 0 Å². The number of benzene rings is 3. The van der Waals surface area contributed by atoms with E-state index in [0.717, 1.165) is 5.56 Å². The van der Waals surface area contributed by atoms with Gasteiger partial charge in [0.1, 0.15) is 17.1 Å². The van der Waals surface area contributed by atoms with E-state index >= 15 is 4.39 Å². The van der Waals surface area contributed by atoms with Crippen LogP contribution in [0.2, 0.25) is 10.0 Å². The first-order chi connectivity index (χ1) is 17.6. The second-order valence-corrected chi connectivity index (χ2v) is 9.70. The smallest absolute Gasteiger partial charge is 0.543 e. The molecule has 4 rings (SSSR count). The van der Waals surface area contributed by atoms with Crippen molar-refractivity contribution < 1.29 is 48.6 Å². The number of carboxylic acid groups (broad SMARTS) is 1. The number of carboxylic acids is 1. The monoisotopic (exact) mass is 563 g/mol. The van der Waals surface area contributed by atoms with E-state index in [2.05, 4.69) is 10.4 Å². The third-order valence-electron chi connectivity index (χ3n) is 6.10. The van der Waals surface area contributed by atoms with Crippen LogP contribution >= 0.6 is 23.2 Å². The first kappa shape index (κ1) is 30.0. The molecule has 192 valence electrons. The largest absolute Gasteiger partial charge is 1.00 e. The Morgan fingerprint density at radius 3 is 2.45 bits per heavy atom. The fourth-order valence-electron chi connectivity index (χ4n) is 4.46. The van der Waals surface area contributed by atoms with Crippen molar-refractivity contribution in [1.29, 1.82) is 0 Å². The second-order valence-electron chi connectivity index (χ2n) is 8.85. The van der Waals surface area contributed by atoms with Gasteiger partial charge in [-0.15, -0.1) is 0 Å². The number of aryl methyl sites for hydroxylation is 1. The van der Waals surface area contributed by atoms with E-state index in [4.69, 9.17) is 27.9 Å². The van der Waals surface area contributed by atoms with E-state index in [9.17, 15) is 9.90 Å². The summed E-state index contributed by atoms with van der Waals surface area (Å²) in [7, 11) is 1.53. The molecule has 1 unspecified atom stereocenters. The molecule has 1 N–H and O–H groups in total. The van der Waals surface area contributed by atoms with Crippen molar-refractivity contribution in [3.8, 4) is 11.4 Å². The van der Waals surface area contributed by atoms with Crippen LogP contribution in [-0.4, -0.2) is 22.9 Å². The van der Waals surface area contributed by atoms with Crippen LogP contribution in [0, 0.1) is 12.7 Å². The topological polar surface area (TPSA) is 79.2 Å². The zero-order valence-corrected chi connectivity index (χ0v) is 25.2. The molecule has 0 aliphatic rings. The molecule has 1 aromatic heterocycles. The number of methoxy groups -OCH3 is 1. The minimum absolute atomic E-state index is 0. The Balaban J connectivity index is 0.00000400. The van der Waals surface area contributed by atoms with Crippen molar-refractivity contribution in [2.45, 2.75) is 32.7 Å². The number of hydrogen-bond donors (Lipinski definition) is 1. The molecular weight excluding hydrogens is 539 g/mol. The van der Waals surface area contributed by atoms with Crippen molar-refractivity contribution in [2.75, 3.05) is 12.4 Å². The number of halogens is 3. The summed E-state index contributed by atoms with van der Waals surface area (Å²) in [6.45, 7) is 5.71. The number of rotatable bonds is 8. The molecule has 38 heavy (non-hydrogen) atoms. The van der Waals surface area contributed by atoms with Crippen LogP contribution in [0.4, 0.5) is 10.1 Å². The molecule has 4 aromatic rings. The Hall–Kier alpha value is -2.55. The Morgan fingerprint density at radius 1 is 1.11 bits per heavy atom. The normalized spacial score (nSPS) is 11.7. The predicted molar refractivity (Wildman–Crippen MR) is 142 cm³/mol. The number of anilines is 1. The number of para-hydroxylation sites is 2. The molecule has 0 aliphatic carbocycles. The number of ether oxygens (including phenoxy) is 1. The van der Waals surface area contributed by atoms with Crippen LogP contribution < -0.4 is 44.7 Å². The van der Waals surface area contributed by atoms with Crippen molar-refractivity contribution in [1.82, 2.24) is 9.78 Å². The zero-order valence-electron chi connectivity index (χ0n) is 21.7. The maximum absolute atomic E-state index is 15.1. The summed E-state index contributed by atoms with van der Waals surface area (Å²) in [5, 5.41) is 20.6. The standard InChI is InChI=1S/C28H26Cl2FN3O3.Na/c1-15(2)27-23(26(28(35)36)33-34(27)21-10-5-6-11-22(21)37-4)25(18-13-12-17(29)14-16(18)3)32-20-9-7-8-19(30)24(20)31;/h5-15,25,32H,1-4H3,(H,35,36);/q;+1/p-1. The predicted octanol–water partition coefficient (Wildman–Crippen LogP) is 3.33. The molecular formula is C28H25Cl2FN3NaO3. The molecule has 0 amide bonds. The fourth-order valence-corrected chi connectivity index (χ4v) is 4.86. The maximum Gasteiger partial charge on any atom is 1.00 e. The van der Waals surface area contributed by atoms with Gasteiger partial charge in [0.05, 0.1) is 35.5 Å². The van der Waals surface area contributed by atoms with E-state index in [1.807, 2.05) is 32.9 Å². The number of carbonyl (C=O) groups excluding carboxylic acids is 1. The van der Waals surface area contributed by atoms with Gasteiger partial charge in [-0.25, -0.2) is 9.07 Å². The first-order valence-corrected chi connectivity index (χ1v) is 12.3. The molecule has 3 aromatic carbocycles. The summed E-state index contributed by atoms with van der Waals surface area (Å²) in [6.07, 6.45) is 0. The van der Waals surface area contributed by atoms with Crippen molar-refractivity contribution in [3.05, 3.63) is 105 Å². The number of carbonyl (C=O) groups is 1. The summed E-state index contributed by atoms with van der Waals surface area (Å²) in [5.41, 5.74) is 2.79. The minimum Gasteiger partial charge on any atom is -0.543 e. The molecule has 0 aliphatic heterocycles. The van der Waals surface area contributed by atoms with Gasteiger partial charge in [0.25, 0.3) is 0 Å². The van der Waals surface area contributed by atoms with Crippen molar-refractivity contribution >= 4 is 34.9 Å². The molecule has 0 fully saturated rings. The summed E-state index contributed by atoms with van der Waals surface area (Å²) in [6, 6.07) is 16.2. The summed E-state index contributed by atoms with van der Waals surface area (Å²) >= 11 is 12.3. The Bertz CT molecular complexity index is 1480. The summed E-state index contributed by atoms with van der Waals surface area (Å²) in [5.74, 6) is -1.80. The van der Waals surface area contributed by atoms with Gasteiger partial charge < -0.3 is 20.0 Å². The molecule has 6 nitrogen and oxygen atoms in total. The number of aromatic carboxylic acids is 1. The van der Waals surface area contributed by atoms with E-state index in [1.54, 1.807) is 41.1 Å². The van der Waals surface area contributed by atoms with Crippen molar-refractivity contribution in [3.63, 3.8) is 0 Å². The van der Waals surface area contributed by atoms with Crippen LogP contribution in [0.15, 0.2) is 60.7 Å². The van der Waals surface area contributed by atoms with Crippen molar-refractivity contribution in [2.24, 2.45) is 0 Å². The van der Waals surface area contributed by atoms with Gasteiger partial charge in [-0.2, -0.15) is 5.10 Å². The number of nitrogens with zero attached hydrogens (tertiary/aromatic N) is 2. The van der Waals surface area contributed by atoms with Gasteiger partial charge in [0.15, 0.2) is 5.82 Å². The second kappa shape index (κ2) is 12.5. The molecule has 1 heterocycles. The van der Waals surface area contributed by atoms with Crippen LogP contribution in [0.5, 0.6) is 5.75 Å². The Kier molecular flexibility index (Phi) is 9.90. The average Bonchev–Trinajstić information content (AvgIpc) is 3.26. The number of hydrogen-bond acceptors (Lipinski definition) is 5. The average molecular weight is 564 g/mol. The van der Waals surface area contributed by atoms with Gasteiger partial charge >= 0.3 is 29.6 Å². The van der Waals surface area contributed by atoms with E-state index in [1.165, 1.54) is 19.2 Å². The van der Waals surface area contributed by atoms with Crippen LogP contribution in [0.1, 0.15) is 58.7 Å². The van der Waals surface area contributed by atoms with Gasteiger partial charge in [-0.05, 0) is 60.4 Å². The third kappa shape index (κ3) is 5.87. The zero-order chi connectivity index (χ0) is 26.9. The number of aromatic nitrogens is 2.